The van der Waals surface area contributed by atoms with E-state index in [4.69, 9.17) is 9.47 Å². The van der Waals surface area contributed by atoms with Gasteiger partial charge in [-0.25, -0.2) is 9.78 Å². The number of carbonyl (C=O) groups excluding carboxylic acids is 1. The summed E-state index contributed by atoms with van der Waals surface area (Å²) >= 11 is 0. The van der Waals surface area contributed by atoms with E-state index in [2.05, 4.69) is 9.97 Å². The molecule has 2 heterocycles. The summed E-state index contributed by atoms with van der Waals surface area (Å²) in [7, 11) is 0. The molecule has 1 aromatic heterocycles. The minimum atomic E-state index is -0.458. The van der Waals surface area contributed by atoms with Crippen molar-refractivity contribution in [3.63, 3.8) is 0 Å². The Labute approximate surface area is 125 Å². The third-order valence-electron chi connectivity index (χ3n) is 3.18. The second-order valence-electron chi connectivity index (χ2n) is 6.29. The summed E-state index contributed by atoms with van der Waals surface area (Å²) in [4.78, 5) is 21.9. The lowest BCUT2D eigenvalue weighted by Crippen LogP contribution is -2.44. The second kappa shape index (κ2) is 6.74. The quantitative estimate of drug-likeness (QED) is 0.856. The highest BCUT2D eigenvalue weighted by atomic mass is 16.6. The molecule has 0 radical (unpaired) electrons. The standard InChI is InChI=1S/C15H23N3O3/c1-15(2,3)21-14(19)18-8-4-5-12(10-18)11-20-13-9-16-6-7-17-13/h6-7,9,12H,4-5,8,10-11H2,1-3H3/t12-/m1/s1. The maximum absolute atomic E-state index is 12.1. The van der Waals surface area contributed by atoms with Gasteiger partial charge in [0.15, 0.2) is 0 Å². The average molecular weight is 293 g/mol. The van der Waals surface area contributed by atoms with E-state index in [-0.39, 0.29) is 6.09 Å². The third kappa shape index (κ3) is 5.21. The summed E-state index contributed by atoms with van der Waals surface area (Å²) in [6.07, 6.45) is 6.56. The predicted molar refractivity (Wildman–Crippen MR) is 78.1 cm³/mol. The van der Waals surface area contributed by atoms with Crippen LogP contribution < -0.4 is 4.74 Å². The van der Waals surface area contributed by atoms with Crippen molar-refractivity contribution < 1.29 is 14.3 Å². The summed E-state index contributed by atoms with van der Waals surface area (Å²) in [5.74, 6) is 0.820. The number of hydrogen-bond acceptors (Lipinski definition) is 5. The molecule has 1 aliphatic heterocycles. The Morgan fingerprint density at radius 1 is 1.43 bits per heavy atom. The normalized spacial score (nSPS) is 19.2. The molecule has 0 spiro atoms. The first-order chi connectivity index (χ1) is 9.94. The molecule has 0 N–H and O–H groups in total. The summed E-state index contributed by atoms with van der Waals surface area (Å²) < 4.78 is 11.0. The van der Waals surface area contributed by atoms with Crippen LogP contribution in [0.1, 0.15) is 33.6 Å². The lowest BCUT2D eigenvalue weighted by Gasteiger charge is -2.33. The van der Waals surface area contributed by atoms with E-state index in [9.17, 15) is 4.79 Å². The summed E-state index contributed by atoms with van der Waals surface area (Å²) in [6.45, 7) is 7.58. The zero-order valence-electron chi connectivity index (χ0n) is 12.9. The fourth-order valence-corrected chi connectivity index (χ4v) is 2.26. The SMILES string of the molecule is CC(C)(C)OC(=O)N1CCC[C@@H](COc2cnccn2)C1. The fraction of sp³-hybridized carbons (Fsp3) is 0.667. The van der Waals surface area contributed by atoms with Gasteiger partial charge in [0.1, 0.15) is 5.60 Å². The lowest BCUT2D eigenvalue weighted by atomic mass is 9.99. The van der Waals surface area contributed by atoms with Gasteiger partial charge in [-0.2, -0.15) is 0 Å². The minimum absolute atomic E-state index is 0.244. The van der Waals surface area contributed by atoms with Crippen LogP contribution in [0.4, 0.5) is 4.79 Å². The Morgan fingerprint density at radius 2 is 2.24 bits per heavy atom. The minimum Gasteiger partial charge on any atom is -0.476 e. The number of amides is 1. The predicted octanol–water partition coefficient (Wildman–Crippen LogP) is 2.50. The first kappa shape index (κ1) is 15.5. The van der Waals surface area contributed by atoms with E-state index >= 15 is 0 Å². The molecule has 116 valence electrons. The van der Waals surface area contributed by atoms with Gasteiger partial charge in [-0.1, -0.05) is 0 Å². The number of carbonyl (C=O) groups is 1. The van der Waals surface area contributed by atoms with Gasteiger partial charge in [0.2, 0.25) is 5.88 Å². The molecule has 0 aromatic carbocycles. The third-order valence-corrected chi connectivity index (χ3v) is 3.18. The van der Waals surface area contributed by atoms with Crippen LogP contribution in [0.25, 0.3) is 0 Å². The molecule has 1 saturated heterocycles. The maximum atomic E-state index is 12.1. The molecule has 1 aliphatic rings. The van der Waals surface area contributed by atoms with Gasteiger partial charge in [-0.05, 0) is 33.6 Å². The molecule has 6 nitrogen and oxygen atoms in total. The zero-order valence-corrected chi connectivity index (χ0v) is 12.9. The van der Waals surface area contributed by atoms with E-state index in [0.717, 1.165) is 19.4 Å². The van der Waals surface area contributed by atoms with Crippen LogP contribution in [-0.2, 0) is 4.74 Å². The van der Waals surface area contributed by atoms with Gasteiger partial charge in [-0.15, -0.1) is 0 Å². The van der Waals surface area contributed by atoms with Gasteiger partial charge in [0.25, 0.3) is 0 Å². The van der Waals surface area contributed by atoms with Crippen LogP contribution in [0.3, 0.4) is 0 Å². The van der Waals surface area contributed by atoms with Gasteiger partial charge in [-0.3, -0.25) is 4.98 Å². The Kier molecular flexibility index (Phi) is 4.98. The summed E-state index contributed by atoms with van der Waals surface area (Å²) in [5.41, 5.74) is -0.458. The Hall–Kier alpha value is -1.85. The number of likely N-dealkylation sites (tertiary alicyclic amines) is 1. The molecule has 2 rings (SSSR count). The van der Waals surface area contributed by atoms with Crippen molar-refractivity contribution in [1.82, 2.24) is 14.9 Å². The van der Waals surface area contributed by atoms with E-state index in [1.165, 1.54) is 0 Å². The van der Waals surface area contributed by atoms with Crippen LogP contribution in [0, 0.1) is 5.92 Å². The molecule has 1 aromatic rings. The highest BCUT2D eigenvalue weighted by Crippen LogP contribution is 2.20. The fourth-order valence-electron chi connectivity index (χ4n) is 2.26. The van der Waals surface area contributed by atoms with Crippen molar-refractivity contribution in [2.45, 2.75) is 39.2 Å². The summed E-state index contributed by atoms with van der Waals surface area (Å²) in [5, 5.41) is 0. The van der Waals surface area contributed by atoms with Crippen molar-refractivity contribution in [1.29, 1.82) is 0 Å². The van der Waals surface area contributed by atoms with E-state index in [1.807, 2.05) is 20.8 Å². The van der Waals surface area contributed by atoms with Crippen LogP contribution in [-0.4, -0.2) is 46.3 Å². The Morgan fingerprint density at radius 3 is 2.90 bits per heavy atom. The van der Waals surface area contributed by atoms with Crippen molar-refractivity contribution in [3.05, 3.63) is 18.6 Å². The molecule has 1 fully saturated rings. The molecular formula is C15H23N3O3. The molecule has 0 saturated carbocycles. The highest BCUT2D eigenvalue weighted by Gasteiger charge is 2.27. The number of ether oxygens (including phenoxy) is 2. The Bertz CT molecular complexity index is 459. The molecule has 0 aliphatic carbocycles. The number of piperidine rings is 1. The maximum Gasteiger partial charge on any atom is 0.410 e. The number of nitrogens with zero attached hydrogens (tertiary/aromatic N) is 3. The van der Waals surface area contributed by atoms with Gasteiger partial charge in [0, 0.05) is 31.4 Å². The van der Waals surface area contributed by atoms with Crippen molar-refractivity contribution in [2.24, 2.45) is 5.92 Å². The Balaban J connectivity index is 1.82. The summed E-state index contributed by atoms with van der Waals surface area (Å²) in [6, 6.07) is 0. The van der Waals surface area contributed by atoms with E-state index in [1.54, 1.807) is 23.5 Å². The second-order valence-corrected chi connectivity index (χ2v) is 6.29. The van der Waals surface area contributed by atoms with E-state index < -0.39 is 5.60 Å². The molecule has 0 bridgehead atoms. The molecule has 21 heavy (non-hydrogen) atoms. The molecule has 1 amide bonds. The largest absolute Gasteiger partial charge is 0.476 e. The zero-order chi connectivity index (χ0) is 15.3. The van der Waals surface area contributed by atoms with Crippen LogP contribution in [0.15, 0.2) is 18.6 Å². The van der Waals surface area contributed by atoms with E-state index in [0.29, 0.717) is 24.9 Å². The van der Waals surface area contributed by atoms with Crippen LogP contribution in [0.2, 0.25) is 0 Å². The number of rotatable bonds is 3. The average Bonchev–Trinajstić information content (AvgIpc) is 2.45. The molecule has 0 unspecified atom stereocenters. The van der Waals surface area contributed by atoms with Gasteiger partial charge >= 0.3 is 6.09 Å². The monoisotopic (exact) mass is 293 g/mol. The molecule has 1 atom stereocenters. The smallest absolute Gasteiger partial charge is 0.410 e. The van der Waals surface area contributed by atoms with Crippen LogP contribution >= 0.6 is 0 Å². The topological polar surface area (TPSA) is 64.5 Å². The lowest BCUT2D eigenvalue weighted by molar-refractivity contribution is 0.0138. The first-order valence-corrected chi connectivity index (χ1v) is 7.31. The van der Waals surface area contributed by atoms with Gasteiger partial charge < -0.3 is 14.4 Å². The van der Waals surface area contributed by atoms with Gasteiger partial charge in [0.05, 0.1) is 12.8 Å². The highest BCUT2D eigenvalue weighted by molar-refractivity contribution is 5.68. The molecule has 6 heteroatoms. The van der Waals surface area contributed by atoms with Crippen molar-refractivity contribution in [2.75, 3.05) is 19.7 Å². The van der Waals surface area contributed by atoms with Crippen molar-refractivity contribution in [3.8, 4) is 5.88 Å². The van der Waals surface area contributed by atoms with Crippen LogP contribution in [0.5, 0.6) is 5.88 Å². The molecular weight excluding hydrogens is 270 g/mol. The number of aromatic nitrogens is 2. The first-order valence-electron chi connectivity index (χ1n) is 7.31. The van der Waals surface area contributed by atoms with Crippen molar-refractivity contribution >= 4 is 6.09 Å². The number of hydrogen-bond donors (Lipinski definition) is 0.